The second kappa shape index (κ2) is 7.78. The summed E-state index contributed by atoms with van der Waals surface area (Å²) in [6, 6.07) is 0. The lowest BCUT2D eigenvalue weighted by molar-refractivity contribution is -0.140. The van der Waals surface area contributed by atoms with Crippen LogP contribution in [0.5, 0.6) is 0 Å². The number of carbonyl (C=O) groups excluding carboxylic acids is 1. The van der Waals surface area contributed by atoms with Gasteiger partial charge in [-0.25, -0.2) is 12.7 Å². The zero-order valence-electron chi connectivity index (χ0n) is 11.2. The molecule has 1 aliphatic rings. The second-order valence-electron chi connectivity index (χ2n) is 4.46. The summed E-state index contributed by atoms with van der Waals surface area (Å²) >= 11 is 0. The number of aliphatic hydroxyl groups is 1. The Morgan fingerprint density at radius 2 is 2.00 bits per heavy atom. The summed E-state index contributed by atoms with van der Waals surface area (Å²) in [7, 11) is -2.16. The summed E-state index contributed by atoms with van der Waals surface area (Å²) in [4.78, 5) is 13.0. The van der Waals surface area contributed by atoms with Crippen molar-refractivity contribution in [1.82, 2.24) is 9.21 Å². The molecule has 0 unspecified atom stereocenters. The van der Waals surface area contributed by atoms with Gasteiger partial charge in [-0.3, -0.25) is 9.69 Å². The molecule has 0 amide bonds. The Hall–Kier alpha value is -0.700. The predicted octanol–water partition coefficient (Wildman–Crippen LogP) is -1.12. The van der Waals surface area contributed by atoms with Gasteiger partial charge in [-0.2, -0.15) is 0 Å². The highest BCUT2D eigenvalue weighted by atomic mass is 32.2. The van der Waals surface area contributed by atoms with E-state index < -0.39 is 16.0 Å². The third-order valence-electron chi connectivity index (χ3n) is 3.15. The summed E-state index contributed by atoms with van der Waals surface area (Å²) in [6.07, 6.45) is 0.618. The van der Waals surface area contributed by atoms with Crippen molar-refractivity contribution >= 4 is 16.0 Å². The van der Waals surface area contributed by atoms with Gasteiger partial charge in [0.05, 0.1) is 25.9 Å². The number of aliphatic hydroxyl groups excluding tert-OH is 1. The van der Waals surface area contributed by atoms with Crippen molar-refractivity contribution in [1.29, 1.82) is 0 Å². The van der Waals surface area contributed by atoms with Crippen molar-refractivity contribution in [3.63, 3.8) is 0 Å². The molecule has 0 spiro atoms. The van der Waals surface area contributed by atoms with E-state index in [0.29, 0.717) is 26.2 Å². The second-order valence-corrected chi connectivity index (χ2v) is 6.55. The zero-order chi connectivity index (χ0) is 14.3. The largest absolute Gasteiger partial charge is 0.469 e. The molecule has 0 radical (unpaired) electrons. The number of carbonyl (C=O) groups is 1. The first-order chi connectivity index (χ1) is 8.99. The Kier molecular flexibility index (Phi) is 6.70. The molecule has 0 aromatic rings. The molecule has 1 rings (SSSR count). The lowest BCUT2D eigenvalue weighted by Crippen LogP contribution is -2.37. The summed E-state index contributed by atoms with van der Waals surface area (Å²) in [6.45, 7) is 2.90. The van der Waals surface area contributed by atoms with Gasteiger partial charge in [0.25, 0.3) is 0 Å². The van der Waals surface area contributed by atoms with E-state index in [1.54, 1.807) is 0 Å². The smallest absolute Gasteiger partial charge is 0.306 e. The average molecular weight is 294 g/mol. The highest BCUT2D eigenvalue weighted by Crippen LogP contribution is 2.09. The molecule has 19 heavy (non-hydrogen) atoms. The molecule has 0 aromatic carbocycles. The van der Waals surface area contributed by atoms with Crippen molar-refractivity contribution in [2.75, 3.05) is 52.2 Å². The van der Waals surface area contributed by atoms with Crippen LogP contribution < -0.4 is 0 Å². The van der Waals surface area contributed by atoms with E-state index in [1.165, 1.54) is 11.4 Å². The molecule has 0 aromatic heterocycles. The van der Waals surface area contributed by atoms with Crippen LogP contribution >= 0.6 is 0 Å². The maximum atomic E-state index is 12.1. The fourth-order valence-electron chi connectivity index (χ4n) is 2.03. The van der Waals surface area contributed by atoms with Crippen molar-refractivity contribution in [2.24, 2.45) is 0 Å². The Labute approximate surface area is 114 Å². The quantitative estimate of drug-likeness (QED) is 0.624. The molecule has 7 nitrogen and oxygen atoms in total. The molecule has 1 saturated heterocycles. The van der Waals surface area contributed by atoms with Gasteiger partial charge in [0.15, 0.2) is 0 Å². The van der Waals surface area contributed by atoms with Crippen LogP contribution in [-0.4, -0.2) is 80.9 Å². The lowest BCUT2D eigenvalue weighted by atomic mass is 10.4. The first kappa shape index (κ1) is 16.4. The van der Waals surface area contributed by atoms with Crippen LogP contribution in [0.15, 0.2) is 0 Å². The van der Waals surface area contributed by atoms with Crippen molar-refractivity contribution in [3.8, 4) is 0 Å². The topological polar surface area (TPSA) is 87.2 Å². The third-order valence-corrected chi connectivity index (χ3v) is 5.02. The summed E-state index contributed by atoms with van der Waals surface area (Å²) in [5.41, 5.74) is 0. The maximum Gasteiger partial charge on any atom is 0.306 e. The van der Waals surface area contributed by atoms with Gasteiger partial charge in [-0.1, -0.05) is 0 Å². The summed E-state index contributed by atoms with van der Waals surface area (Å²) < 4.78 is 30.0. The van der Waals surface area contributed by atoms with Crippen LogP contribution in [0.25, 0.3) is 0 Å². The number of rotatable bonds is 6. The SMILES string of the molecule is COC(=O)CCS(=O)(=O)N1CCCN(CCO)CC1. The number of ether oxygens (including phenoxy) is 1. The molecule has 8 heteroatoms. The standard InChI is InChI=1S/C11H22N2O5S/c1-18-11(15)3-10-19(16,17)13-5-2-4-12(6-7-13)8-9-14/h14H,2-10H2,1H3. The monoisotopic (exact) mass is 294 g/mol. The minimum absolute atomic E-state index is 0.0785. The van der Waals surface area contributed by atoms with Crippen LogP contribution in [0.1, 0.15) is 12.8 Å². The molecule has 1 N–H and O–H groups in total. The molecule has 1 heterocycles. The van der Waals surface area contributed by atoms with E-state index >= 15 is 0 Å². The van der Waals surface area contributed by atoms with E-state index in [-0.39, 0.29) is 18.8 Å². The number of esters is 1. The van der Waals surface area contributed by atoms with Gasteiger partial charge >= 0.3 is 5.97 Å². The summed E-state index contributed by atoms with van der Waals surface area (Å²) in [5, 5.41) is 8.88. The van der Waals surface area contributed by atoms with E-state index in [2.05, 4.69) is 4.74 Å². The Morgan fingerprint density at radius 1 is 1.26 bits per heavy atom. The number of nitrogens with zero attached hydrogens (tertiary/aromatic N) is 2. The van der Waals surface area contributed by atoms with Crippen molar-refractivity contribution in [3.05, 3.63) is 0 Å². The van der Waals surface area contributed by atoms with Crippen LogP contribution in [-0.2, 0) is 19.6 Å². The Balaban J connectivity index is 2.51. The number of hydrogen-bond acceptors (Lipinski definition) is 6. The normalized spacial score (nSPS) is 19.1. The zero-order valence-corrected chi connectivity index (χ0v) is 12.1. The van der Waals surface area contributed by atoms with Crippen LogP contribution in [0.2, 0.25) is 0 Å². The number of β-amino-alcohol motifs (C(OH)–C–C–N with tert-alkyl or cyclic N) is 1. The fraction of sp³-hybridized carbons (Fsp3) is 0.909. The molecule has 0 bridgehead atoms. The number of hydrogen-bond donors (Lipinski definition) is 1. The van der Waals surface area contributed by atoms with Crippen LogP contribution in [0.4, 0.5) is 0 Å². The molecule has 0 aliphatic carbocycles. The van der Waals surface area contributed by atoms with Gasteiger partial charge in [-0.05, 0) is 13.0 Å². The molecular weight excluding hydrogens is 272 g/mol. The molecule has 0 atom stereocenters. The van der Waals surface area contributed by atoms with E-state index in [4.69, 9.17) is 5.11 Å². The molecule has 0 saturated carbocycles. The van der Waals surface area contributed by atoms with Gasteiger partial charge in [0, 0.05) is 26.2 Å². The van der Waals surface area contributed by atoms with Crippen LogP contribution in [0.3, 0.4) is 0 Å². The van der Waals surface area contributed by atoms with E-state index in [9.17, 15) is 13.2 Å². The number of sulfonamides is 1. The van der Waals surface area contributed by atoms with Gasteiger partial charge < -0.3 is 9.84 Å². The highest BCUT2D eigenvalue weighted by Gasteiger charge is 2.25. The fourth-order valence-corrected chi connectivity index (χ4v) is 3.48. The van der Waals surface area contributed by atoms with E-state index in [1.807, 2.05) is 4.90 Å². The van der Waals surface area contributed by atoms with Crippen molar-refractivity contribution in [2.45, 2.75) is 12.8 Å². The minimum atomic E-state index is -3.41. The van der Waals surface area contributed by atoms with Gasteiger partial charge in [-0.15, -0.1) is 0 Å². The molecule has 1 fully saturated rings. The highest BCUT2D eigenvalue weighted by molar-refractivity contribution is 7.89. The first-order valence-corrected chi connectivity index (χ1v) is 7.98. The molecule has 1 aliphatic heterocycles. The predicted molar refractivity (Wildman–Crippen MR) is 70.1 cm³/mol. The van der Waals surface area contributed by atoms with Crippen molar-refractivity contribution < 1.29 is 23.1 Å². The van der Waals surface area contributed by atoms with Gasteiger partial charge in [0.1, 0.15) is 0 Å². The maximum absolute atomic E-state index is 12.1. The Morgan fingerprint density at radius 3 is 2.63 bits per heavy atom. The molecule has 112 valence electrons. The minimum Gasteiger partial charge on any atom is -0.469 e. The average Bonchev–Trinajstić information content (AvgIpc) is 2.62. The number of methoxy groups -OCH3 is 1. The van der Waals surface area contributed by atoms with Gasteiger partial charge in [0.2, 0.25) is 10.0 Å². The van der Waals surface area contributed by atoms with E-state index in [0.717, 1.165) is 13.0 Å². The van der Waals surface area contributed by atoms with Crippen LogP contribution in [0, 0.1) is 0 Å². The molecular formula is C11H22N2O5S. The third kappa shape index (κ3) is 5.43. The first-order valence-electron chi connectivity index (χ1n) is 6.37. The lowest BCUT2D eigenvalue weighted by Gasteiger charge is -2.20. The summed E-state index contributed by atoms with van der Waals surface area (Å²) in [5.74, 6) is -0.722. The Bertz CT molecular complexity index is 385.